The molecular weight excluding hydrogens is 260 g/mol. The molecule has 20 heavy (non-hydrogen) atoms. The predicted octanol–water partition coefficient (Wildman–Crippen LogP) is 1.45. The summed E-state index contributed by atoms with van der Waals surface area (Å²) in [7, 11) is 0. The second-order valence-electron chi connectivity index (χ2n) is 6.30. The van der Waals surface area contributed by atoms with Crippen molar-refractivity contribution >= 4 is 12.0 Å². The molecule has 2 fully saturated rings. The largest absolute Gasteiger partial charge is 0.481 e. The first-order valence-electron chi connectivity index (χ1n) is 7.31. The first kappa shape index (κ1) is 15.1. The van der Waals surface area contributed by atoms with Crippen LogP contribution in [0.4, 0.5) is 4.79 Å². The number of carbonyl (C=O) groups excluding carboxylic acids is 1. The quantitative estimate of drug-likeness (QED) is 0.822. The summed E-state index contributed by atoms with van der Waals surface area (Å²) in [5, 5.41) is 11.8. The maximum absolute atomic E-state index is 12.3. The molecule has 0 radical (unpaired) electrons. The van der Waals surface area contributed by atoms with Crippen molar-refractivity contribution in [1.82, 2.24) is 10.2 Å². The maximum atomic E-state index is 12.3. The van der Waals surface area contributed by atoms with Gasteiger partial charge in [0.25, 0.3) is 0 Å². The van der Waals surface area contributed by atoms with Crippen LogP contribution in [-0.2, 0) is 9.53 Å². The summed E-state index contributed by atoms with van der Waals surface area (Å²) in [6.07, 6.45) is 4.41. The van der Waals surface area contributed by atoms with Crippen molar-refractivity contribution in [3.05, 3.63) is 0 Å². The van der Waals surface area contributed by atoms with Gasteiger partial charge in [-0.05, 0) is 26.7 Å². The number of aliphatic carboxylic acids is 1. The normalized spacial score (nSPS) is 26.8. The summed E-state index contributed by atoms with van der Waals surface area (Å²) < 4.78 is 5.73. The van der Waals surface area contributed by atoms with Crippen LogP contribution in [0.3, 0.4) is 0 Å². The minimum atomic E-state index is -0.950. The lowest BCUT2D eigenvalue weighted by Gasteiger charge is -2.43. The Kier molecular flexibility index (Phi) is 4.52. The van der Waals surface area contributed by atoms with Crippen molar-refractivity contribution in [3.8, 4) is 0 Å². The minimum Gasteiger partial charge on any atom is -0.481 e. The Morgan fingerprint density at radius 1 is 1.35 bits per heavy atom. The molecule has 2 rings (SSSR count). The number of urea groups is 1. The Hall–Kier alpha value is -1.30. The molecule has 114 valence electrons. The van der Waals surface area contributed by atoms with Crippen LogP contribution >= 0.6 is 0 Å². The van der Waals surface area contributed by atoms with E-state index < -0.39 is 11.4 Å². The van der Waals surface area contributed by atoms with Gasteiger partial charge in [0.15, 0.2) is 0 Å². The van der Waals surface area contributed by atoms with Gasteiger partial charge in [0.1, 0.15) is 0 Å². The first-order valence-corrected chi connectivity index (χ1v) is 7.31. The molecule has 2 atom stereocenters. The molecule has 0 spiro atoms. The topological polar surface area (TPSA) is 78.9 Å². The number of carboxylic acids is 1. The summed E-state index contributed by atoms with van der Waals surface area (Å²) >= 11 is 0. The second kappa shape index (κ2) is 5.99. The number of rotatable bonds is 3. The van der Waals surface area contributed by atoms with Gasteiger partial charge in [-0.15, -0.1) is 0 Å². The molecule has 2 unspecified atom stereocenters. The summed E-state index contributed by atoms with van der Waals surface area (Å²) in [4.78, 5) is 25.2. The lowest BCUT2D eigenvalue weighted by molar-refractivity contribution is -0.146. The van der Waals surface area contributed by atoms with Crippen molar-refractivity contribution in [3.63, 3.8) is 0 Å². The van der Waals surface area contributed by atoms with Gasteiger partial charge in [0, 0.05) is 13.1 Å². The summed E-state index contributed by atoms with van der Waals surface area (Å²) in [6, 6.07) is -0.0232. The predicted molar refractivity (Wildman–Crippen MR) is 73.5 cm³/mol. The highest BCUT2D eigenvalue weighted by molar-refractivity contribution is 5.78. The molecule has 1 heterocycles. The van der Waals surface area contributed by atoms with Gasteiger partial charge in [-0.25, -0.2) is 4.79 Å². The van der Waals surface area contributed by atoms with Crippen molar-refractivity contribution < 1.29 is 19.4 Å². The number of fused-ring (bicyclic) bond motifs is 1. The Bertz CT molecular complexity index is 381. The molecule has 1 aliphatic heterocycles. The number of carboxylic acid groups (broad SMARTS) is 1. The van der Waals surface area contributed by atoms with Gasteiger partial charge in [-0.1, -0.05) is 12.8 Å². The zero-order valence-electron chi connectivity index (χ0n) is 12.2. The van der Waals surface area contributed by atoms with E-state index in [1.165, 1.54) is 0 Å². The van der Waals surface area contributed by atoms with Crippen LogP contribution < -0.4 is 5.32 Å². The van der Waals surface area contributed by atoms with E-state index in [0.717, 1.165) is 25.7 Å². The number of ether oxygens (including phenoxy) is 1. The average Bonchev–Trinajstić information content (AvgIpc) is 2.44. The summed E-state index contributed by atoms with van der Waals surface area (Å²) in [6.45, 7) is 4.50. The first-order chi connectivity index (χ1) is 9.42. The van der Waals surface area contributed by atoms with Crippen LogP contribution in [0.25, 0.3) is 0 Å². The van der Waals surface area contributed by atoms with E-state index in [-0.39, 0.29) is 24.7 Å². The van der Waals surface area contributed by atoms with E-state index in [0.29, 0.717) is 13.2 Å². The Morgan fingerprint density at radius 3 is 2.75 bits per heavy atom. The molecule has 0 bridgehead atoms. The van der Waals surface area contributed by atoms with Gasteiger partial charge in [0.05, 0.1) is 24.2 Å². The third kappa shape index (κ3) is 3.23. The lowest BCUT2D eigenvalue weighted by Crippen LogP contribution is -2.58. The molecule has 0 aromatic heterocycles. The molecule has 6 heteroatoms. The molecular formula is C14H24N2O4. The number of nitrogens with zero attached hydrogens (tertiary/aromatic N) is 1. The molecule has 0 aromatic carbocycles. The van der Waals surface area contributed by atoms with Crippen molar-refractivity contribution in [1.29, 1.82) is 0 Å². The zero-order valence-corrected chi connectivity index (χ0v) is 12.2. The van der Waals surface area contributed by atoms with Gasteiger partial charge < -0.3 is 20.1 Å². The highest BCUT2D eigenvalue weighted by Gasteiger charge is 2.37. The van der Waals surface area contributed by atoms with Crippen molar-refractivity contribution in [2.24, 2.45) is 5.41 Å². The Labute approximate surface area is 119 Å². The molecule has 2 aliphatic rings. The van der Waals surface area contributed by atoms with Crippen LogP contribution in [0.15, 0.2) is 0 Å². The summed E-state index contributed by atoms with van der Waals surface area (Å²) in [5.41, 5.74) is -0.950. The lowest BCUT2D eigenvalue weighted by atomic mass is 9.90. The Morgan fingerprint density at radius 2 is 2.05 bits per heavy atom. The number of hydrogen-bond donors (Lipinski definition) is 2. The van der Waals surface area contributed by atoms with Gasteiger partial charge >= 0.3 is 12.0 Å². The number of amides is 2. The third-order valence-corrected chi connectivity index (χ3v) is 4.25. The monoisotopic (exact) mass is 284 g/mol. The molecule has 1 saturated carbocycles. The van der Waals surface area contributed by atoms with Crippen LogP contribution in [0.2, 0.25) is 0 Å². The SMILES string of the molecule is CC(C)(CNC(=O)N1CCOC2CCCCC21)C(=O)O. The fourth-order valence-electron chi connectivity index (χ4n) is 2.82. The van der Waals surface area contributed by atoms with Crippen molar-refractivity contribution in [2.75, 3.05) is 19.7 Å². The van der Waals surface area contributed by atoms with Gasteiger partial charge in [0.2, 0.25) is 0 Å². The zero-order chi connectivity index (χ0) is 14.8. The van der Waals surface area contributed by atoms with Crippen LogP contribution in [0, 0.1) is 5.41 Å². The maximum Gasteiger partial charge on any atom is 0.317 e. The molecule has 2 N–H and O–H groups in total. The second-order valence-corrected chi connectivity index (χ2v) is 6.30. The molecule has 2 amide bonds. The molecule has 0 aromatic rings. The molecule has 1 saturated heterocycles. The number of nitrogens with one attached hydrogen (secondary N) is 1. The minimum absolute atomic E-state index is 0.135. The Balaban J connectivity index is 1.92. The fourth-order valence-corrected chi connectivity index (χ4v) is 2.82. The van der Waals surface area contributed by atoms with Crippen LogP contribution in [0.5, 0.6) is 0 Å². The van der Waals surface area contributed by atoms with E-state index in [4.69, 9.17) is 9.84 Å². The highest BCUT2D eigenvalue weighted by atomic mass is 16.5. The number of morpholine rings is 1. The van der Waals surface area contributed by atoms with E-state index >= 15 is 0 Å². The fraction of sp³-hybridized carbons (Fsp3) is 0.857. The third-order valence-electron chi connectivity index (χ3n) is 4.25. The van der Waals surface area contributed by atoms with E-state index in [2.05, 4.69) is 5.32 Å². The van der Waals surface area contributed by atoms with Crippen LogP contribution in [-0.4, -0.2) is 53.8 Å². The standard InChI is InChI=1S/C14H24N2O4/c1-14(2,12(17)18)9-15-13(19)16-7-8-20-11-6-4-3-5-10(11)16/h10-11H,3-9H2,1-2H3,(H,15,19)(H,17,18). The van der Waals surface area contributed by atoms with E-state index in [1.807, 2.05) is 4.90 Å². The smallest absolute Gasteiger partial charge is 0.317 e. The molecule has 1 aliphatic carbocycles. The van der Waals surface area contributed by atoms with Crippen molar-refractivity contribution in [2.45, 2.75) is 51.7 Å². The van der Waals surface area contributed by atoms with E-state index in [1.54, 1.807) is 13.8 Å². The highest BCUT2D eigenvalue weighted by Crippen LogP contribution is 2.28. The van der Waals surface area contributed by atoms with Crippen LogP contribution in [0.1, 0.15) is 39.5 Å². The number of carbonyl (C=O) groups is 2. The van der Waals surface area contributed by atoms with Gasteiger partial charge in [-0.2, -0.15) is 0 Å². The number of hydrogen-bond acceptors (Lipinski definition) is 3. The van der Waals surface area contributed by atoms with E-state index in [9.17, 15) is 9.59 Å². The average molecular weight is 284 g/mol. The summed E-state index contributed by atoms with van der Waals surface area (Å²) in [5.74, 6) is -0.907. The van der Waals surface area contributed by atoms with Gasteiger partial charge in [-0.3, -0.25) is 4.79 Å². The molecule has 6 nitrogen and oxygen atoms in total.